The molecule has 1 heterocycles. The molecule has 1 unspecified atom stereocenters. The molecule has 0 fully saturated rings. The van der Waals surface area contributed by atoms with Gasteiger partial charge in [0.05, 0.1) is 5.69 Å². The zero-order chi connectivity index (χ0) is 9.97. The minimum absolute atomic E-state index is 0.404. The molecule has 0 radical (unpaired) electrons. The summed E-state index contributed by atoms with van der Waals surface area (Å²) >= 11 is 3.60. The number of hydrogen-bond donors (Lipinski definition) is 0. The Morgan fingerprint density at radius 2 is 2.36 bits per heavy atom. The first-order valence-corrected chi connectivity index (χ1v) is 5.52. The third kappa shape index (κ3) is 1.80. The molecule has 0 N–H and O–H groups in total. The van der Waals surface area contributed by atoms with Crippen molar-refractivity contribution in [3.63, 3.8) is 0 Å². The fourth-order valence-corrected chi connectivity index (χ4v) is 2.26. The Morgan fingerprint density at radius 1 is 1.50 bits per heavy atom. The number of pyridine rings is 1. The van der Waals surface area contributed by atoms with Gasteiger partial charge < -0.3 is 0 Å². The summed E-state index contributed by atoms with van der Waals surface area (Å²) in [4.78, 5) is 4.45. The van der Waals surface area contributed by atoms with Gasteiger partial charge in [-0.1, -0.05) is 40.2 Å². The summed E-state index contributed by atoms with van der Waals surface area (Å²) in [6.45, 7) is 2.11. The van der Waals surface area contributed by atoms with Gasteiger partial charge in [0.15, 0.2) is 0 Å². The molecule has 0 spiro atoms. The molecule has 1 aromatic rings. The standard InChI is InChI=1S/C12H12BrN/c1-9-5-4-8-14-12(9)10-6-2-3-7-11(10)13/h2-5,7-8,10H,6H2,1H3. The van der Waals surface area contributed by atoms with Crippen molar-refractivity contribution in [1.29, 1.82) is 0 Å². The molecule has 0 amide bonds. The highest BCUT2D eigenvalue weighted by Crippen LogP contribution is 2.34. The highest BCUT2D eigenvalue weighted by Gasteiger charge is 2.18. The number of rotatable bonds is 1. The van der Waals surface area contributed by atoms with Crippen LogP contribution < -0.4 is 0 Å². The van der Waals surface area contributed by atoms with Gasteiger partial charge in [0.1, 0.15) is 0 Å². The van der Waals surface area contributed by atoms with Crippen molar-refractivity contribution in [3.8, 4) is 0 Å². The van der Waals surface area contributed by atoms with Gasteiger partial charge in [-0.25, -0.2) is 0 Å². The zero-order valence-electron chi connectivity index (χ0n) is 8.07. The van der Waals surface area contributed by atoms with Crippen molar-refractivity contribution in [1.82, 2.24) is 4.98 Å². The van der Waals surface area contributed by atoms with Gasteiger partial charge in [0.2, 0.25) is 0 Å². The normalized spacial score (nSPS) is 20.7. The van der Waals surface area contributed by atoms with Gasteiger partial charge in [-0.05, 0) is 25.0 Å². The van der Waals surface area contributed by atoms with Crippen LogP contribution in [0.25, 0.3) is 0 Å². The van der Waals surface area contributed by atoms with Crippen LogP contribution in [0.15, 0.2) is 41.0 Å². The van der Waals surface area contributed by atoms with Crippen LogP contribution in [-0.2, 0) is 0 Å². The lowest BCUT2D eigenvalue weighted by molar-refractivity contribution is 0.797. The molecule has 1 atom stereocenters. The molecular formula is C12H12BrN. The maximum Gasteiger partial charge on any atom is 0.0515 e. The summed E-state index contributed by atoms with van der Waals surface area (Å²) in [6.07, 6.45) is 9.26. The molecule has 0 bridgehead atoms. The van der Waals surface area contributed by atoms with E-state index in [0.717, 1.165) is 6.42 Å². The van der Waals surface area contributed by atoms with Crippen LogP contribution in [-0.4, -0.2) is 4.98 Å². The number of aryl methyl sites for hydroxylation is 1. The van der Waals surface area contributed by atoms with E-state index >= 15 is 0 Å². The van der Waals surface area contributed by atoms with Crippen LogP contribution in [0.4, 0.5) is 0 Å². The van der Waals surface area contributed by atoms with Gasteiger partial charge in [-0.3, -0.25) is 4.98 Å². The average Bonchev–Trinajstić information content (AvgIpc) is 2.20. The van der Waals surface area contributed by atoms with E-state index in [2.05, 4.69) is 52.1 Å². The van der Waals surface area contributed by atoms with Gasteiger partial charge in [0.25, 0.3) is 0 Å². The first-order valence-electron chi connectivity index (χ1n) is 4.73. The van der Waals surface area contributed by atoms with E-state index in [9.17, 15) is 0 Å². The maximum atomic E-state index is 4.45. The second-order valence-corrected chi connectivity index (χ2v) is 4.39. The van der Waals surface area contributed by atoms with Crippen molar-refractivity contribution in [3.05, 3.63) is 52.3 Å². The molecular weight excluding hydrogens is 238 g/mol. The summed E-state index contributed by atoms with van der Waals surface area (Å²) in [5.74, 6) is 0.404. The van der Waals surface area contributed by atoms with E-state index in [-0.39, 0.29) is 0 Å². The van der Waals surface area contributed by atoms with E-state index in [1.54, 1.807) is 0 Å². The molecule has 1 nitrogen and oxygen atoms in total. The molecule has 0 aromatic carbocycles. The predicted molar refractivity (Wildman–Crippen MR) is 62.5 cm³/mol. The number of halogens is 1. The number of aromatic nitrogens is 1. The van der Waals surface area contributed by atoms with E-state index < -0.39 is 0 Å². The fourth-order valence-electron chi connectivity index (χ4n) is 1.71. The fraction of sp³-hybridized carbons (Fsp3) is 0.250. The second-order valence-electron chi connectivity index (χ2n) is 3.47. The third-order valence-corrected chi connectivity index (χ3v) is 3.29. The molecule has 2 rings (SSSR count). The van der Waals surface area contributed by atoms with Crippen LogP contribution in [0, 0.1) is 6.92 Å². The average molecular weight is 250 g/mol. The lowest BCUT2D eigenvalue weighted by atomic mass is 9.94. The van der Waals surface area contributed by atoms with Crippen LogP contribution in [0.2, 0.25) is 0 Å². The summed E-state index contributed by atoms with van der Waals surface area (Å²) in [5, 5.41) is 0. The highest BCUT2D eigenvalue weighted by atomic mass is 79.9. The highest BCUT2D eigenvalue weighted by molar-refractivity contribution is 9.11. The second kappa shape index (κ2) is 4.09. The lowest BCUT2D eigenvalue weighted by Crippen LogP contribution is -2.04. The quantitative estimate of drug-likeness (QED) is 0.740. The molecule has 0 saturated heterocycles. The van der Waals surface area contributed by atoms with E-state index in [1.165, 1.54) is 15.7 Å². The summed E-state index contributed by atoms with van der Waals surface area (Å²) in [7, 11) is 0. The molecule has 1 aliphatic carbocycles. The zero-order valence-corrected chi connectivity index (χ0v) is 9.66. The van der Waals surface area contributed by atoms with E-state index in [1.807, 2.05) is 12.3 Å². The van der Waals surface area contributed by atoms with Crippen molar-refractivity contribution in [2.75, 3.05) is 0 Å². The Labute approximate surface area is 92.7 Å². The number of nitrogens with zero attached hydrogens (tertiary/aromatic N) is 1. The first-order chi connectivity index (χ1) is 6.79. The molecule has 0 aliphatic heterocycles. The molecule has 0 saturated carbocycles. The van der Waals surface area contributed by atoms with Crippen molar-refractivity contribution in [2.24, 2.45) is 0 Å². The smallest absolute Gasteiger partial charge is 0.0515 e. The minimum Gasteiger partial charge on any atom is -0.260 e. The molecule has 72 valence electrons. The Kier molecular flexibility index (Phi) is 2.82. The van der Waals surface area contributed by atoms with Gasteiger partial charge in [-0.15, -0.1) is 0 Å². The topological polar surface area (TPSA) is 12.9 Å². The van der Waals surface area contributed by atoms with E-state index in [0.29, 0.717) is 5.92 Å². The molecule has 14 heavy (non-hydrogen) atoms. The van der Waals surface area contributed by atoms with Crippen molar-refractivity contribution < 1.29 is 0 Å². The molecule has 1 aromatic heterocycles. The SMILES string of the molecule is Cc1cccnc1C1CC=CC=C1Br. The largest absolute Gasteiger partial charge is 0.260 e. The van der Waals surface area contributed by atoms with Gasteiger partial charge in [0, 0.05) is 16.6 Å². The van der Waals surface area contributed by atoms with Crippen LogP contribution >= 0.6 is 15.9 Å². The van der Waals surface area contributed by atoms with E-state index in [4.69, 9.17) is 0 Å². The van der Waals surface area contributed by atoms with Crippen molar-refractivity contribution >= 4 is 15.9 Å². The Morgan fingerprint density at radius 3 is 3.07 bits per heavy atom. The van der Waals surface area contributed by atoms with Crippen molar-refractivity contribution in [2.45, 2.75) is 19.3 Å². The monoisotopic (exact) mass is 249 g/mol. The molecule has 1 aliphatic rings. The Bertz CT molecular complexity index is 393. The van der Waals surface area contributed by atoms with Gasteiger partial charge >= 0.3 is 0 Å². The first kappa shape index (κ1) is 9.66. The van der Waals surface area contributed by atoms with Crippen LogP contribution in [0.3, 0.4) is 0 Å². The number of allylic oxidation sites excluding steroid dienone is 4. The number of hydrogen-bond acceptors (Lipinski definition) is 1. The summed E-state index contributed by atoms with van der Waals surface area (Å²) in [5.41, 5.74) is 2.44. The van der Waals surface area contributed by atoms with Crippen LogP contribution in [0.1, 0.15) is 23.6 Å². The van der Waals surface area contributed by atoms with Crippen LogP contribution in [0.5, 0.6) is 0 Å². The lowest BCUT2D eigenvalue weighted by Gasteiger charge is -2.18. The Balaban J connectivity index is 2.37. The minimum atomic E-state index is 0.404. The third-order valence-electron chi connectivity index (χ3n) is 2.48. The summed E-state index contributed by atoms with van der Waals surface area (Å²) < 4.78 is 1.22. The molecule has 2 heteroatoms. The Hall–Kier alpha value is -0.890. The predicted octanol–water partition coefficient (Wildman–Crippen LogP) is 3.71. The summed E-state index contributed by atoms with van der Waals surface area (Å²) in [6, 6.07) is 4.09. The van der Waals surface area contributed by atoms with Gasteiger partial charge in [-0.2, -0.15) is 0 Å². The maximum absolute atomic E-state index is 4.45.